The summed E-state index contributed by atoms with van der Waals surface area (Å²) in [6.07, 6.45) is -1.54. The molecule has 0 atom stereocenters. The molecule has 3 N–H and O–H groups in total. The zero-order valence-corrected chi connectivity index (χ0v) is 23.7. The monoisotopic (exact) mass is 597 g/mol. The Hall–Kier alpha value is -3.14. The molecule has 2 aliphatic heterocycles. The molecule has 1 aromatic carbocycles. The van der Waals surface area contributed by atoms with E-state index in [1.807, 2.05) is 6.92 Å². The predicted octanol–water partition coefficient (Wildman–Crippen LogP) is 4.04. The van der Waals surface area contributed by atoms with Crippen molar-refractivity contribution in [3.05, 3.63) is 30.0 Å². The van der Waals surface area contributed by atoms with Crippen LogP contribution in [-0.4, -0.2) is 91.7 Å². The Morgan fingerprint density at radius 1 is 1.15 bits per heavy atom. The first-order valence-electron chi connectivity index (χ1n) is 13.6. The Balaban J connectivity index is 1.36. The van der Waals surface area contributed by atoms with E-state index in [-0.39, 0.29) is 33.4 Å². The van der Waals surface area contributed by atoms with Crippen LogP contribution in [0.25, 0.3) is 11.0 Å². The number of aromatic amines is 1. The van der Waals surface area contributed by atoms with Crippen molar-refractivity contribution in [1.29, 1.82) is 0 Å². The lowest BCUT2D eigenvalue weighted by molar-refractivity contribution is -0.136. The average molecular weight is 598 g/mol. The second-order valence-corrected chi connectivity index (χ2v) is 12.0. The third-order valence-corrected chi connectivity index (χ3v) is 9.32. The topological polar surface area (TPSA) is 125 Å². The predicted molar refractivity (Wildman–Crippen MR) is 148 cm³/mol. The van der Waals surface area contributed by atoms with Gasteiger partial charge >= 0.3 is 6.18 Å². The minimum atomic E-state index is -4.58. The van der Waals surface area contributed by atoms with Gasteiger partial charge in [0.2, 0.25) is 16.0 Å². The molecule has 224 valence electrons. The zero-order chi connectivity index (χ0) is 29.2. The molecule has 5 rings (SSSR count). The number of morpholine rings is 1. The third-order valence-electron chi connectivity index (χ3n) is 7.42. The standard InChI is InChI=1S/C26H34F3N7O4S/c1-3-8-30-23-22-19(26(27,28)29)16-31-24(22)34-25(33-23)32-20-5-4-18(15-21(20)39-2)41(37,38)36-9-6-17(7-10-36)35-11-13-40-14-12-35/h4-5,15-17H,3,6-14H2,1-2H3,(H3,30,31,32,33,34). The van der Waals surface area contributed by atoms with E-state index < -0.39 is 21.8 Å². The highest BCUT2D eigenvalue weighted by Gasteiger charge is 2.36. The number of methoxy groups -OCH3 is 1. The number of benzene rings is 1. The lowest BCUT2D eigenvalue weighted by Gasteiger charge is -2.39. The second kappa shape index (κ2) is 12.0. The second-order valence-electron chi connectivity index (χ2n) is 10.0. The van der Waals surface area contributed by atoms with E-state index in [4.69, 9.17) is 9.47 Å². The Morgan fingerprint density at radius 3 is 2.54 bits per heavy atom. The highest BCUT2D eigenvalue weighted by molar-refractivity contribution is 7.89. The van der Waals surface area contributed by atoms with E-state index >= 15 is 0 Å². The fourth-order valence-electron chi connectivity index (χ4n) is 5.28. The van der Waals surface area contributed by atoms with Crippen LogP contribution in [0.15, 0.2) is 29.3 Å². The van der Waals surface area contributed by atoms with Crippen molar-refractivity contribution in [2.24, 2.45) is 0 Å². The maximum atomic E-state index is 13.6. The Labute approximate surface area is 236 Å². The van der Waals surface area contributed by atoms with Crippen LogP contribution < -0.4 is 15.4 Å². The van der Waals surface area contributed by atoms with E-state index in [9.17, 15) is 21.6 Å². The molecule has 0 radical (unpaired) electrons. The van der Waals surface area contributed by atoms with Gasteiger partial charge in [-0.15, -0.1) is 0 Å². The number of fused-ring (bicyclic) bond motifs is 1. The van der Waals surface area contributed by atoms with Gasteiger partial charge in [-0.2, -0.15) is 27.4 Å². The lowest BCUT2D eigenvalue weighted by Crippen LogP contribution is -2.50. The molecular formula is C26H34F3N7O4S. The number of hydrogen-bond donors (Lipinski definition) is 3. The summed E-state index contributed by atoms with van der Waals surface area (Å²) in [7, 11) is -2.36. The molecule has 0 unspecified atom stereocenters. The number of H-pyrrole nitrogens is 1. The van der Waals surface area contributed by atoms with Gasteiger partial charge in [0.25, 0.3) is 0 Å². The van der Waals surface area contributed by atoms with Gasteiger partial charge in [-0.25, -0.2) is 8.42 Å². The Morgan fingerprint density at radius 2 is 1.88 bits per heavy atom. The SMILES string of the molecule is CCCNc1nc(Nc2ccc(S(=O)(=O)N3CCC(N4CCOCC4)CC3)cc2OC)nc2[nH]cc(C(F)(F)F)c12. The van der Waals surface area contributed by atoms with Crippen LogP contribution in [0.1, 0.15) is 31.7 Å². The summed E-state index contributed by atoms with van der Waals surface area (Å²) in [6, 6.07) is 4.78. The van der Waals surface area contributed by atoms with Gasteiger partial charge in [-0.3, -0.25) is 4.90 Å². The molecular weight excluding hydrogens is 563 g/mol. The number of alkyl halides is 3. The van der Waals surface area contributed by atoms with Crippen LogP contribution in [0.4, 0.5) is 30.6 Å². The maximum absolute atomic E-state index is 13.6. The van der Waals surface area contributed by atoms with E-state index in [0.717, 1.165) is 32.1 Å². The third kappa shape index (κ3) is 6.22. The quantitative estimate of drug-likeness (QED) is 0.335. The van der Waals surface area contributed by atoms with Crippen molar-refractivity contribution in [3.63, 3.8) is 0 Å². The van der Waals surface area contributed by atoms with Crippen LogP contribution in [0.2, 0.25) is 0 Å². The van der Waals surface area contributed by atoms with E-state index in [0.29, 0.717) is 51.0 Å². The molecule has 2 saturated heterocycles. The molecule has 3 aromatic rings. The van der Waals surface area contributed by atoms with Gasteiger partial charge in [-0.05, 0) is 31.4 Å². The van der Waals surface area contributed by atoms with Crippen molar-refractivity contribution < 1.29 is 31.1 Å². The van der Waals surface area contributed by atoms with Crippen LogP contribution in [-0.2, 0) is 20.9 Å². The van der Waals surface area contributed by atoms with Gasteiger partial charge in [-0.1, -0.05) is 6.92 Å². The highest BCUT2D eigenvalue weighted by Crippen LogP contribution is 2.38. The number of sulfonamides is 1. The van der Waals surface area contributed by atoms with Crippen molar-refractivity contribution in [2.45, 2.75) is 43.3 Å². The molecule has 0 amide bonds. The number of rotatable bonds is 9. The molecule has 0 bridgehead atoms. The molecule has 0 aliphatic carbocycles. The summed E-state index contributed by atoms with van der Waals surface area (Å²) in [5.41, 5.74) is -0.494. The van der Waals surface area contributed by atoms with Crippen LogP contribution in [0.3, 0.4) is 0 Å². The molecule has 41 heavy (non-hydrogen) atoms. The lowest BCUT2D eigenvalue weighted by atomic mass is 10.0. The Kier molecular flexibility index (Phi) is 8.59. The molecule has 2 fully saturated rings. The number of ether oxygens (including phenoxy) is 2. The fourth-order valence-corrected chi connectivity index (χ4v) is 6.76. The minimum Gasteiger partial charge on any atom is -0.495 e. The summed E-state index contributed by atoms with van der Waals surface area (Å²) < 4.78 is 80.1. The van der Waals surface area contributed by atoms with E-state index in [1.54, 1.807) is 0 Å². The molecule has 0 spiro atoms. The number of anilines is 3. The van der Waals surface area contributed by atoms with Crippen LogP contribution in [0, 0.1) is 0 Å². The van der Waals surface area contributed by atoms with Gasteiger partial charge in [0.05, 0.1) is 41.9 Å². The number of nitrogens with zero attached hydrogens (tertiary/aromatic N) is 4. The first kappa shape index (κ1) is 29.4. The molecule has 4 heterocycles. The zero-order valence-electron chi connectivity index (χ0n) is 22.9. The number of nitrogens with one attached hydrogen (secondary N) is 3. The smallest absolute Gasteiger partial charge is 0.418 e. The fraction of sp³-hybridized carbons (Fsp3) is 0.538. The largest absolute Gasteiger partial charge is 0.495 e. The number of halogens is 3. The molecule has 0 saturated carbocycles. The Bertz CT molecular complexity index is 1470. The molecule has 2 aliphatic rings. The minimum absolute atomic E-state index is 0.00655. The summed E-state index contributed by atoms with van der Waals surface area (Å²) in [5, 5.41) is 5.76. The summed E-state index contributed by atoms with van der Waals surface area (Å²) in [4.78, 5) is 13.6. The highest BCUT2D eigenvalue weighted by atomic mass is 32.2. The number of hydrogen-bond acceptors (Lipinski definition) is 9. The van der Waals surface area contributed by atoms with Crippen molar-refractivity contribution in [2.75, 3.05) is 63.7 Å². The van der Waals surface area contributed by atoms with E-state index in [2.05, 4.69) is 30.5 Å². The van der Waals surface area contributed by atoms with Gasteiger partial charge in [0.1, 0.15) is 17.2 Å². The van der Waals surface area contributed by atoms with Gasteiger partial charge in [0.15, 0.2) is 0 Å². The van der Waals surface area contributed by atoms with Gasteiger partial charge < -0.3 is 25.1 Å². The average Bonchev–Trinajstić information content (AvgIpc) is 3.42. The van der Waals surface area contributed by atoms with Crippen molar-refractivity contribution >= 4 is 38.5 Å². The molecule has 11 nitrogen and oxygen atoms in total. The summed E-state index contributed by atoms with van der Waals surface area (Å²) >= 11 is 0. The number of aromatic nitrogens is 3. The maximum Gasteiger partial charge on any atom is 0.418 e. The summed E-state index contributed by atoms with van der Waals surface area (Å²) in [5.74, 6) is 0.279. The van der Waals surface area contributed by atoms with Gasteiger partial charge in [0, 0.05) is 51.0 Å². The first-order chi connectivity index (χ1) is 19.6. The molecule has 15 heteroatoms. The van der Waals surface area contributed by atoms with Crippen LogP contribution >= 0.6 is 0 Å². The molecule has 2 aromatic heterocycles. The number of piperidine rings is 1. The van der Waals surface area contributed by atoms with Crippen molar-refractivity contribution in [1.82, 2.24) is 24.2 Å². The van der Waals surface area contributed by atoms with E-state index in [1.165, 1.54) is 29.6 Å². The normalized spacial score (nSPS) is 18.1. The van der Waals surface area contributed by atoms with Crippen LogP contribution in [0.5, 0.6) is 5.75 Å². The van der Waals surface area contributed by atoms with Crippen molar-refractivity contribution in [3.8, 4) is 5.75 Å². The summed E-state index contributed by atoms with van der Waals surface area (Å²) in [6.45, 7) is 6.27. The first-order valence-corrected chi connectivity index (χ1v) is 15.0.